The molecule has 0 aliphatic carbocycles. The minimum absolute atomic E-state index is 0.0425. The van der Waals surface area contributed by atoms with Crippen LogP contribution in [0, 0.1) is 24.5 Å². The lowest BCUT2D eigenvalue weighted by atomic mass is 9.89. The number of carbonyl (C=O) groups excluding carboxylic acids is 1. The zero-order valence-corrected chi connectivity index (χ0v) is 18.8. The number of halogens is 2. The summed E-state index contributed by atoms with van der Waals surface area (Å²) in [4.78, 5) is 21.1. The van der Waals surface area contributed by atoms with E-state index in [1.807, 2.05) is 0 Å². The zero-order valence-electron chi connectivity index (χ0n) is 18.8. The molecule has 2 atom stereocenters. The molecule has 1 fully saturated rings. The van der Waals surface area contributed by atoms with E-state index in [4.69, 9.17) is 4.42 Å². The molecule has 1 aliphatic heterocycles. The van der Waals surface area contributed by atoms with Crippen LogP contribution in [0.1, 0.15) is 35.7 Å². The van der Waals surface area contributed by atoms with Crippen molar-refractivity contribution in [1.82, 2.24) is 24.9 Å². The van der Waals surface area contributed by atoms with Crippen LogP contribution in [0.3, 0.4) is 0 Å². The highest BCUT2D eigenvalue weighted by atomic mass is 19.1. The summed E-state index contributed by atoms with van der Waals surface area (Å²) in [5.41, 5.74) is 1.82. The zero-order chi connectivity index (χ0) is 23.8. The largest absolute Gasteiger partial charge is 0.423 e. The van der Waals surface area contributed by atoms with Gasteiger partial charge in [-0.2, -0.15) is 15.2 Å². The number of rotatable bonds is 5. The number of nitrogens with one attached hydrogen (secondary N) is 1. The van der Waals surface area contributed by atoms with Crippen molar-refractivity contribution < 1.29 is 18.0 Å². The summed E-state index contributed by atoms with van der Waals surface area (Å²) in [6.07, 6.45) is 4.68. The predicted molar refractivity (Wildman–Crippen MR) is 122 cm³/mol. The topological polar surface area (TPSA) is 89.1 Å². The van der Waals surface area contributed by atoms with Gasteiger partial charge in [-0.1, -0.05) is 13.0 Å². The third-order valence-electron chi connectivity index (χ3n) is 6.36. The molecule has 0 radical (unpaired) electrons. The molecular formula is C24H24F2N6O2. The number of piperidine rings is 1. The van der Waals surface area contributed by atoms with Gasteiger partial charge in [0.1, 0.15) is 17.0 Å². The Kier molecular flexibility index (Phi) is 5.72. The number of oxazole rings is 1. The lowest BCUT2D eigenvalue weighted by molar-refractivity contribution is 0.0537. The van der Waals surface area contributed by atoms with Crippen molar-refractivity contribution in [1.29, 1.82) is 0 Å². The lowest BCUT2D eigenvalue weighted by Crippen LogP contribution is -2.51. The summed E-state index contributed by atoms with van der Waals surface area (Å²) in [5.74, 6) is -1.06. The number of anilines is 1. The molecule has 176 valence electrons. The molecule has 0 spiro atoms. The van der Waals surface area contributed by atoms with Gasteiger partial charge < -0.3 is 14.6 Å². The highest BCUT2D eigenvalue weighted by molar-refractivity contribution is 5.99. The number of carbonyl (C=O) groups is 1. The number of aryl methyl sites for hydroxylation is 1. The number of likely N-dealkylation sites (tertiary alicyclic amines) is 1. The fraction of sp³-hybridized carbons (Fsp3) is 0.333. The van der Waals surface area contributed by atoms with E-state index in [1.54, 1.807) is 24.0 Å². The van der Waals surface area contributed by atoms with Crippen molar-refractivity contribution in [3.63, 3.8) is 0 Å². The van der Waals surface area contributed by atoms with Crippen LogP contribution in [-0.2, 0) is 0 Å². The van der Waals surface area contributed by atoms with Gasteiger partial charge >= 0.3 is 0 Å². The Hall–Kier alpha value is -3.82. The third kappa shape index (κ3) is 4.00. The van der Waals surface area contributed by atoms with Gasteiger partial charge in [0.25, 0.3) is 11.9 Å². The molecule has 3 heterocycles. The Balaban J connectivity index is 1.44. The van der Waals surface area contributed by atoms with Crippen molar-refractivity contribution in [3.05, 3.63) is 65.5 Å². The molecule has 34 heavy (non-hydrogen) atoms. The van der Waals surface area contributed by atoms with Crippen LogP contribution in [0.15, 0.2) is 47.1 Å². The maximum atomic E-state index is 14.9. The standard InChI is InChI=1S/C24H24F2N6O2/c1-14-4-3-11-31(19(14)13-27-24-30-18-8-6-16(25)12-20(18)34-24)23(33)21-15(2)5-7-17(26)22(21)32-28-9-10-29-32/h5-10,12,14,19H,3-4,11,13H2,1-2H3,(H,27,30). The number of fused-ring (bicyclic) bond motifs is 1. The van der Waals surface area contributed by atoms with Crippen molar-refractivity contribution in [3.8, 4) is 5.69 Å². The van der Waals surface area contributed by atoms with E-state index in [9.17, 15) is 13.6 Å². The first-order valence-corrected chi connectivity index (χ1v) is 11.2. The molecule has 0 saturated carbocycles. The van der Waals surface area contributed by atoms with Gasteiger partial charge in [0.2, 0.25) is 0 Å². The second-order valence-electron chi connectivity index (χ2n) is 8.60. The van der Waals surface area contributed by atoms with E-state index in [1.165, 1.54) is 30.6 Å². The van der Waals surface area contributed by atoms with Gasteiger partial charge in [0.15, 0.2) is 11.4 Å². The van der Waals surface area contributed by atoms with Gasteiger partial charge in [0.05, 0.1) is 24.0 Å². The lowest BCUT2D eigenvalue weighted by Gasteiger charge is -2.40. The molecule has 2 aromatic heterocycles. The van der Waals surface area contributed by atoms with Gasteiger partial charge in [-0.25, -0.2) is 8.78 Å². The molecule has 1 amide bonds. The maximum absolute atomic E-state index is 14.9. The van der Waals surface area contributed by atoms with Crippen LogP contribution in [-0.4, -0.2) is 49.9 Å². The number of hydrogen-bond acceptors (Lipinski definition) is 6. The minimum atomic E-state index is -0.566. The molecule has 0 bridgehead atoms. The smallest absolute Gasteiger partial charge is 0.295 e. The van der Waals surface area contributed by atoms with Crippen molar-refractivity contribution >= 4 is 23.0 Å². The SMILES string of the molecule is Cc1ccc(F)c(-n2nccn2)c1C(=O)N1CCCC(C)C1CNc1nc2ccc(F)cc2o1. The van der Waals surface area contributed by atoms with Crippen molar-refractivity contribution in [2.45, 2.75) is 32.7 Å². The molecule has 10 heteroatoms. The Morgan fingerprint density at radius 2 is 2.00 bits per heavy atom. The average molecular weight is 466 g/mol. The van der Waals surface area contributed by atoms with E-state index in [0.29, 0.717) is 29.8 Å². The van der Waals surface area contributed by atoms with Crippen molar-refractivity contribution in [2.75, 3.05) is 18.4 Å². The van der Waals surface area contributed by atoms with Crippen LogP contribution >= 0.6 is 0 Å². The number of benzene rings is 2. The summed E-state index contributed by atoms with van der Waals surface area (Å²) in [6, 6.07) is 7.14. The Labute approximate surface area is 194 Å². The summed E-state index contributed by atoms with van der Waals surface area (Å²) in [6.45, 7) is 4.78. The number of nitrogens with zero attached hydrogens (tertiary/aromatic N) is 5. The predicted octanol–water partition coefficient (Wildman–Crippen LogP) is 4.35. The molecule has 4 aromatic rings. The highest BCUT2D eigenvalue weighted by Crippen LogP contribution is 2.29. The fourth-order valence-electron chi connectivity index (χ4n) is 4.59. The summed E-state index contributed by atoms with van der Waals surface area (Å²) in [7, 11) is 0. The first kappa shape index (κ1) is 22.0. The number of aromatic nitrogens is 4. The molecule has 1 N–H and O–H groups in total. The summed E-state index contributed by atoms with van der Waals surface area (Å²) in [5, 5.41) is 11.3. The van der Waals surface area contributed by atoms with Crippen LogP contribution in [0.4, 0.5) is 14.8 Å². The van der Waals surface area contributed by atoms with Gasteiger partial charge in [-0.15, -0.1) is 4.80 Å². The summed E-state index contributed by atoms with van der Waals surface area (Å²) < 4.78 is 34.0. The van der Waals surface area contributed by atoms with Crippen LogP contribution in [0.2, 0.25) is 0 Å². The quantitative estimate of drug-likeness (QED) is 0.471. The average Bonchev–Trinajstić information content (AvgIpc) is 3.48. The third-order valence-corrected chi connectivity index (χ3v) is 6.36. The Bertz CT molecular complexity index is 1340. The maximum Gasteiger partial charge on any atom is 0.295 e. The molecule has 2 aromatic carbocycles. The van der Waals surface area contributed by atoms with E-state index in [0.717, 1.165) is 17.6 Å². The minimum Gasteiger partial charge on any atom is -0.423 e. The Morgan fingerprint density at radius 3 is 2.79 bits per heavy atom. The second kappa shape index (κ2) is 8.85. The molecule has 1 saturated heterocycles. The van der Waals surface area contributed by atoms with Crippen LogP contribution in [0.5, 0.6) is 0 Å². The van der Waals surface area contributed by atoms with Crippen LogP contribution < -0.4 is 5.32 Å². The Morgan fingerprint density at radius 1 is 1.21 bits per heavy atom. The monoisotopic (exact) mass is 466 g/mol. The normalized spacial score (nSPS) is 18.4. The van der Waals surface area contributed by atoms with Crippen LogP contribution in [0.25, 0.3) is 16.8 Å². The van der Waals surface area contributed by atoms with E-state index in [-0.39, 0.29) is 35.1 Å². The van der Waals surface area contributed by atoms with Crippen molar-refractivity contribution in [2.24, 2.45) is 5.92 Å². The summed E-state index contributed by atoms with van der Waals surface area (Å²) >= 11 is 0. The van der Waals surface area contributed by atoms with Gasteiger partial charge in [-0.3, -0.25) is 4.79 Å². The molecule has 1 aliphatic rings. The second-order valence-corrected chi connectivity index (χ2v) is 8.60. The number of amides is 1. The molecule has 8 nitrogen and oxygen atoms in total. The first-order valence-electron chi connectivity index (χ1n) is 11.2. The molecule has 5 rings (SSSR count). The first-order chi connectivity index (χ1) is 16.4. The highest BCUT2D eigenvalue weighted by Gasteiger charge is 2.35. The van der Waals surface area contributed by atoms with E-state index >= 15 is 0 Å². The molecular weight excluding hydrogens is 442 g/mol. The molecule has 2 unspecified atom stereocenters. The van der Waals surface area contributed by atoms with Gasteiger partial charge in [-0.05, 0) is 49.4 Å². The number of hydrogen-bond donors (Lipinski definition) is 1. The van der Waals surface area contributed by atoms with E-state index in [2.05, 4.69) is 27.4 Å². The van der Waals surface area contributed by atoms with Gasteiger partial charge in [0, 0.05) is 19.2 Å². The van der Waals surface area contributed by atoms with E-state index < -0.39 is 11.6 Å². The fourth-order valence-corrected chi connectivity index (χ4v) is 4.59.